The van der Waals surface area contributed by atoms with Crippen LogP contribution in [-0.4, -0.2) is 94.4 Å². The Bertz CT molecular complexity index is 1440. The van der Waals surface area contributed by atoms with Crippen LogP contribution >= 0.6 is 23.2 Å². The highest BCUT2D eigenvalue weighted by molar-refractivity contribution is 7.92. The lowest BCUT2D eigenvalue weighted by Gasteiger charge is -2.41. The maximum atomic E-state index is 14.4. The van der Waals surface area contributed by atoms with E-state index in [4.69, 9.17) is 23.2 Å². The van der Waals surface area contributed by atoms with Gasteiger partial charge in [0.2, 0.25) is 17.6 Å². The quantitative estimate of drug-likeness (QED) is 0.127. The van der Waals surface area contributed by atoms with Crippen molar-refractivity contribution in [1.82, 2.24) is 26.2 Å². The lowest BCUT2D eigenvalue weighted by atomic mass is 9.83. The Labute approximate surface area is 300 Å². The summed E-state index contributed by atoms with van der Waals surface area (Å²) in [6.45, 7) is 13.9. The Morgan fingerprint density at radius 1 is 0.980 bits per heavy atom. The van der Waals surface area contributed by atoms with E-state index in [0.717, 1.165) is 32.1 Å². The minimum atomic E-state index is -3.59. The number of sulfone groups is 1. The minimum Gasteiger partial charge on any atom is -0.346 e. The predicted molar refractivity (Wildman–Crippen MR) is 189 cm³/mol. The average Bonchev–Trinajstić information content (AvgIpc) is 3.84. The van der Waals surface area contributed by atoms with Crippen molar-refractivity contribution in [2.24, 2.45) is 23.2 Å². The van der Waals surface area contributed by atoms with Gasteiger partial charge in [0.15, 0.2) is 9.84 Å². The Kier molecular flexibility index (Phi) is 11.5. The third-order valence-corrected chi connectivity index (χ3v) is 14.3. The van der Waals surface area contributed by atoms with Crippen molar-refractivity contribution in [1.29, 1.82) is 0 Å². The summed E-state index contributed by atoms with van der Waals surface area (Å²) in [6, 6.07) is -4.03. The zero-order valence-electron chi connectivity index (χ0n) is 29.5. The molecule has 276 valence electrons. The number of nitrogens with one attached hydrogen (secondary N) is 4. The fourth-order valence-electron chi connectivity index (χ4n) is 7.06. The van der Waals surface area contributed by atoms with Crippen LogP contribution in [0, 0.1) is 23.2 Å². The highest BCUT2D eigenvalue weighted by Crippen LogP contribution is 2.65. The highest BCUT2D eigenvalue weighted by atomic mass is 35.5. The van der Waals surface area contributed by atoms with Gasteiger partial charge in [-0.05, 0) is 51.4 Å². The molecule has 4 fully saturated rings. The Hall–Kier alpha value is -2.38. The molecule has 12 nitrogen and oxygen atoms in total. The molecule has 2 unspecified atom stereocenters. The van der Waals surface area contributed by atoms with Gasteiger partial charge >= 0.3 is 6.03 Å². The number of amides is 5. The smallest absolute Gasteiger partial charge is 0.315 e. The number of nitrogens with zero attached hydrogens (tertiary/aromatic N) is 1. The maximum absolute atomic E-state index is 14.4. The van der Waals surface area contributed by atoms with E-state index in [1.807, 2.05) is 0 Å². The molecular weight excluding hydrogens is 693 g/mol. The van der Waals surface area contributed by atoms with Crippen molar-refractivity contribution >= 4 is 62.6 Å². The summed E-state index contributed by atoms with van der Waals surface area (Å²) in [5, 5.41) is 11.0. The number of carbonyl (C=O) groups is 5. The lowest BCUT2D eigenvalue weighted by Crippen LogP contribution is -2.64. The van der Waals surface area contributed by atoms with E-state index < -0.39 is 89.4 Å². The third-order valence-electron chi connectivity index (χ3n) is 10.4. The Morgan fingerprint density at radius 2 is 1.59 bits per heavy atom. The molecular formula is C34H53Cl2N5O7S. The number of likely N-dealkylation sites (tertiary alicyclic amines) is 1. The number of carbonyl (C=O) groups excluding carboxylic acids is 5. The molecule has 4 N–H and O–H groups in total. The van der Waals surface area contributed by atoms with Crippen molar-refractivity contribution in [3.63, 3.8) is 0 Å². The molecule has 4 aliphatic rings. The molecule has 5 amide bonds. The first kappa shape index (κ1) is 39.4. The third kappa shape index (κ3) is 8.92. The number of alkyl halides is 2. The van der Waals surface area contributed by atoms with E-state index in [1.54, 1.807) is 41.5 Å². The maximum Gasteiger partial charge on any atom is 0.315 e. The first-order chi connectivity index (χ1) is 22.5. The SMILES string of the molecule is C=CCNC(=O)C(=O)C(CC1CC1)NC(=O)[C@@H]1[C@@H]2C(CN1C(=O)[C@@H](NC(=O)NC1(CS(=O)(=O)C(C)(C)C)CCCCC1)C(C)(C)C)C2(Cl)Cl. The number of ketones is 1. The van der Waals surface area contributed by atoms with Crippen LogP contribution in [-0.2, 0) is 29.0 Å². The molecule has 0 aromatic rings. The molecule has 3 aliphatic carbocycles. The minimum absolute atomic E-state index is 0.0548. The van der Waals surface area contributed by atoms with Crippen molar-refractivity contribution in [2.75, 3.05) is 18.8 Å². The molecule has 4 rings (SSSR count). The summed E-state index contributed by atoms with van der Waals surface area (Å²) in [5.41, 5.74) is -1.82. The first-order valence-electron chi connectivity index (χ1n) is 17.3. The number of fused-ring (bicyclic) bond motifs is 1. The van der Waals surface area contributed by atoms with Gasteiger partial charge in [0, 0.05) is 24.9 Å². The summed E-state index contributed by atoms with van der Waals surface area (Å²) >= 11 is 13.1. The molecule has 3 saturated carbocycles. The van der Waals surface area contributed by atoms with Gasteiger partial charge in [-0.2, -0.15) is 0 Å². The van der Waals surface area contributed by atoms with Gasteiger partial charge in [-0.1, -0.05) is 59.0 Å². The van der Waals surface area contributed by atoms with Crippen LogP contribution < -0.4 is 21.3 Å². The molecule has 0 bridgehead atoms. The van der Waals surface area contributed by atoms with Crippen LogP contribution in [0.4, 0.5) is 4.79 Å². The largest absolute Gasteiger partial charge is 0.346 e. The number of hydrogen-bond donors (Lipinski definition) is 4. The highest BCUT2D eigenvalue weighted by Gasteiger charge is 2.74. The summed E-state index contributed by atoms with van der Waals surface area (Å²) < 4.78 is 24.3. The van der Waals surface area contributed by atoms with Crippen molar-refractivity contribution < 1.29 is 32.4 Å². The number of hydrogen-bond acceptors (Lipinski definition) is 7. The molecule has 49 heavy (non-hydrogen) atoms. The van der Waals surface area contributed by atoms with Gasteiger partial charge < -0.3 is 26.2 Å². The zero-order chi connectivity index (χ0) is 36.7. The standard InChI is InChI=1S/C34H53Cl2N5O7S/c1-8-16-37-28(44)25(42)22(17-20-12-13-20)38-27(43)24-23-21(34(23,35)36)18-41(24)29(45)26(31(2,3)4)39-30(46)40-33(14-10-9-11-15-33)19-49(47,48)32(5,6)7/h8,20-24,26H,1,9-19H2,2-7H3,(H,37,44)(H,38,43)(H2,39,40,46)/t21?,22?,23-,24-,26+/m0/s1. The number of urea groups is 1. The normalized spacial score (nSPS) is 25.6. The second-order valence-corrected chi connectivity index (χ2v) is 20.6. The van der Waals surface area contributed by atoms with Gasteiger partial charge in [0.05, 0.1) is 22.1 Å². The molecule has 0 spiro atoms. The van der Waals surface area contributed by atoms with E-state index in [1.165, 1.54) is 11.0 Å². The summed E-state index contributed by atoms with van der Waals surface area (Å²) in [7, 11) is -3.59. The van der Waals surface area contributed by atoms with Crippen LogP contribution in [0.3, 0.4) is 0 Å². The zero-order valence-corrected chi connectivity index (χ0v) is 31.8. The number of piperidine rings is 1. The van der Waals surface area contributed by atoms with Gasteiger partial charge in [-0.25, -0.2) is 13.2 Å². The van der Waals surface area contributed by atoms with E-state index in [-0.39, 0.29) is 31.2 Å². The monoisotopic (exact) mass is 745 g/mol. The molecule has 1 saturated heterocycles. The van der Waals surface area contributed by atoms with Crippen molar-refractivity contribution in [3.05, 3.63) is 12.7 Å². The van der Waals surface area contributed by atoms with E-state index in [2.05, 4.69) is 27.8 Å². The van der Waals surface area contributed by atoms with E-state index in [0.29, 0.717) is 12.8 Å². The van der Waals surface area contributed by atoms with Gasteiger partial charge in [-0.15, -0.1) is 29.8 Å². The molecule has 1 aliphatic heterocycles. The first-order valence-corrected chi connectivity index (χ1v) is 19.7. The Morgan fingerprint density at radius 3 is 2.12 bits per heavy atom. The van der Waals surface area contributed by atoms with E-state index >= 15 is 0 Å². The average molecular weight is 747 g/mol. The van der Waals surface area contributed by atoms with Gasteiger partial charge in [0.25, 0.3) is 5.91 Å². The van der Waals surface area contributed by atoms with Crippen LogP contribution in [0.2, 0.25) is 0 Å². The molecule has 0 aromatic heterocycles. The number of Topliss-reactive ketones (excluding diaryl/α,β-unsaturated/α-hetero) is 1. The fraction of sp³-hybridized carbons (Fsp3) is 0.794. The molecule has 0 radical (unpaired) electrons. The lowest BCUT2D eigenvalue weighted by molar-refractivity contribution is -0.144. The van der Waals surface area contributed by atoms with Crippen LogP contribution in [0.25, 0.3) is 0 Å². The number of halogens is 2. The summed E-state index contributed by atoms with van der Waals surface area (Å²) in [5.74, 6) is -3.87. The van der Waals surface area contributed by atoms with Crippen LogP contribution in [0.1, 0.15) is 92.9 Å². The number of rotatable bonds is 13. The second kappa shape index (κ2) is 14.3. The van der Waals surface area contributed by atoms with Crippen LogP contribution in [0.15, 0.2) is 12.7 Å². The molecule has 5 atom stereocenters. The fourth-order valence-corrected chi connectivity index (χ4v) is 9.40. The molecule has 0 aromatic carbocycles. The summed E-state index contributed by atoms with van der Waals surface area (Å²) in [4.78, 5) is 69.0. The van der Waals surface area contributed by atoms with Crippen LogP contribution in [0.5, 0.6) is 0 Å². The molecule has 15 heteroatoms. The van der Waals surface area contributed by atoms with Crippen molar-refractivity contribution in [3.8, 4) is 0 Å². The molecule has 1 heterocycles. The topological polar surface area (TPSA) is 171 Å². The van der Waals surface area contributed by atoms with Gasteiger partial charge in [0.1, 0.15) is 16.4 Å². The van der Waals surface area contributed by atoms with Gasteiger partial charge in [-0.3, -0.25) is 19.2 Å². The van der Waals surface area contributed by atoms with Crippen molar-refractivity contribution in [2.45, 2.75) is 126 Å². The summed E-state index contributed by atoms with van der Waals surface area (Å²) in [6.07, 6.45) is 6.90. The second-order valence-electron chi connectivity index (χ2n) is 16.5. The Balaban J connectivity index is 1.55. The van der Waals surface area contributed by atoms with E-state index in [9.17, 15) is 32.4 Å². The predicted octanol–water partition coefficient (Wildman–Crippen LogP) is 3.40.